The average Bonchev–Trinajstić information content (AvgIpc) is 3.11. The van der Waals surface area contributed by atoms with Gasteiger partial charge in [-0.05, 0) is 51.4 Å². The van der Waals surface area contributed by atoms with Crippen LogP contribution in [0, 0.1) is 0 Å². The van der Waals surface area contributed by atoms with Crippen LogP contribution in [0.4, 0.5) is 12.9 Å². The van der Waals surface area contributed by atoms with E-state index in [4.69, 9.17) is 0 Å². The smallest absolute Gasteiger partial charge is 0.762 e. The molecular weight excluding hydrogens is 271 g/mol. The highest BCUT2D eigenvalue weighted by Gasteiger charge is 2.25. The number of hydrogen-bond donors (Lipinski definition) is 0. The van der Waals surface area contributed by atoms with Crippen molar-refractivity contribution in [3.05, 3.63) is 18.7 Å². The molecule has 0 unspecified atom stereocenters. The fraction of sp³-hybridized carbons (Fsp3) is 0.769. The van der Waals surface area contributed by atoms with Gasteiger partial charge in [0.05, 0.1) is 0 Å². The monoisotopic (exact) mass is 292 g/mol. The van der Waals surface area contributed by atoms with Gasteiger partial charge in [-0.3, -0.25) is 12.9 Å². The molecule has 2 aliphatic carbocycles. The van der Waals surface area contributed by atoms with Crippen LogP contribution in [0.3, 0.4) is 0 Å². The van der Waals surface area contributed by atoms with E-state index in [0.29, 0.717) is 0 Å². The summed E-state index contributed by atoms with van der Waals surface area (Å²) in [5.41, 5.74) is 0. The van der Waals surface area contributed by atoms with E-state index >= 15 is 0 Å². The lowest BCUT2D eigenvalue weighted by molar-refractivity contribution is -0.721. The van der Waals surface area contributed by atoms with E-state index in [0.717, 1.165) is 12.1 Å². The molecule has 2 fully saturated rings. The van der Waals surface area contributed by atoms with Crippen LogP contribution in [0.5, 0.6) is 0 Å². The van der Waals surface area contributed by atoms with Gasteiger partial charge in [0.1, 0.15) is 24.5 Å². The maximum absolute atomic E-state index is 9.67. The van der Waals surface area contributed by atoms with Gasteiger partial charge in [-0.1, -0.05) is 0 Å². The largest absolute Gasteiger partial charge is 1.00 e. The first-order valence-corrected chi connectivity index (χ1v) is 7.17. The number of halogens is 4. The number of nitrogens with zero attached hydrogens (tertiary/aromatic N) is 2. The summed E-state index contributed by atoms with van der Waals surface area (Å²) in [7, 11) is -3.67. The first-order valence-electron chi connectivity index (χ1n) is 7.17. The fourth-order valence-electron chi connectivity index (χ4n) is 3.22. The average molecular weight is 292 g/mol. The standard InChI is InChI=1S/C13H21N2.BF3.FH/c1-2-6-12(5-1)14-9-10-15(11-14)13-7-3-4-8-13;2-1(3)4;/h9-13H,1-8H2;;1H/q+1;;/p-1. The lowest BCUT2D eigenvalue weighted by atomic mass is 10.2. The molecule has 0 saturated heterocycles. The molecule has 2 saturated carbocycles. The summed E-state index contributed by atoms with van der Waals surface area (Å²) in [6.07, 6.45) is 18.2. The van der Waals surface area contributed by atoms with Crippen LogP contribution in [-0.4, -0.2) is 12.1 Å². The minimum Gasteiger partial charge on any atom is -1.00 e. The Morgan fingerprint density at radius 3 is 2.00 bits per heavy atom. The van der Waals surface area contributed by atoms with Gasteiger partial charge in [-0.15, -0.1) is 0 Å². The van der Waals surface area contributed by atoms with Crippen molar-refractivity contribution in [3.8, 4) is 0 Å². The van der Waals surface area contributed by atoms with E-state index in [2.05, 4.69) is 27.9 Å². The van der Waals surface area contributed by atoms with Crippen molar-refractivity contribution in [3.63, 3.8) is 0 Å². The molecule has 0 amide bonds. The molecule has 0 N–H and O–H groups in total. The predicted octanol–water partition coefficient (Wildman–Crippen LogP) is 0.890. The molecule has 0 aliphatic heterocycles. The van der Waals surface area contributed by atoms with Crippen molar-refractivity contribution in [1.29, 1.82) is 0 Å². The Balaban J connectivity index is 0.000000359. The van der Waals surface area contributed by atoms with Crippen LogP contribution in [0.1, 0.15) is 63.5 Å². The van der Waals surface area contributed by atoms with Crippen molar-refractivity contribution in [1.82, 2.24) is 4.57 Å². The molecule has 0 bridgehead atoms. The molecule has 0 aromatic carbocycles. The predicted molar refractivity (Wildman–Crippen MR) is 68.7 cm³/mol. The first kappa shape index (κ1) is 17.0. The molecule has 0 spiro atoms. The van der Waals surface area contributed by atoms with Crippen molar-refractivity contribution < 1.29 is 22.2 Å². The summed E-state index contributed by atoms with van der Waals surface area (Å²) >= 11 is 0. The van der Waals surface area contributed by atoms with Gasteiger partial charge < -0.3 is 4.70 Å². The van der Waals surface area contributed by atoms with Crippen LogP contribution >= 0.6 is 0 Å². The Bertz CT molecular complexity index is 341. The van der Waals surface area contributed by atoms with Crippen molar-refractivity contribution >= 4 is 7.54 Å². The Morgan fingerprint density at radius 1 is 0.950 bits per heavy atom. The van der Waals surface area contributed by atoms with Crippen LogP contribution in [0.2, 0.25) is 0 Å². The summed E-state index contributed by atoms with van der Waals surface area (Å²) in [6.45, 7) is 0. The third kappa shape index (κ3) is 4.83. The van der Waals surface area contributed by atoms with Gasteiger partial charge >= 0.3 is 7.54 Å². The van der Waals surface area contributed by atoms with E-state index in [9.17, 15) is 12.9 Å². The van der Waals surface area contributed by atoms with Crippen LogP contribution < -0.4 is 9.27 Å². The minimum atomic E-state index is -3.67. The normalized spacial score (nSPS) is 19.4. The van der Waals surface area contributed by atoms with E-state index in [-0.39, 0.29) is 4.70 Å². The maximum atomic E-state index is 9.67. The second-order valence-electron chi connectivity index (χ2n) is 5.43. The fourth-order valence-corrected chi connectivity index (χ4v) is 3.22. The highest BCUT2D eigenvalue weighted by Crippen LogP contribution is 2.29. The molecule has 1 aromatic heterocycles. The summed E-state index contributed by atoms with van der Waals surface area (Å²) in [5, 5.41) is 0. The topological polar surface area (TPSA) is 8.81 Å². The summed E-state index contributed by atoms with van der Waals surface area (Å²) in [4.78, 5) is 0. The number of aromatic nitrogens is 2. The molecule has 20 heavy (non-hydrogen) atoms. The molecule has 7 heteroatoms. The quantitative estimate of drug-likeness (QED) is 0.435. The second kappa shape index (κ2) is 8.32. The summed E-state index contributed by atoms with van der Waals surface area (Å²) in [5.74, 6) is 0. The third-order valence-corrected chi connectivity index (χ3v) is 4.17. The molecule has 1 aromatic rings. The Hall–Kier alpha value is -1.01. The molecule has 2 nitrogen and oxygen atoms in total. The molecule has 2 aliphatic rings. The molecule has 1 heterocycles. The number of imidazole rings is 1. The molecule has 114 valence electrons. The summed E-state index contributed by atoms with van der Waals surface area (Å²) < 4.78 is 33.9. The number of rotatable bonds is 2. The summed E-state index contributed by atoms with van der Waals surface area (Å²) in [6, 6.07) is 1.60. The van der Waals surface area contributed by atoms with Gasteiger partial charge in [0.2, 0.25) is 6.33 Å². The van der Waals surface area contributed by atoms with Crippen molar-refractivity contribution in [2.45, 2.75) is 63.5 Å². The maximum Gasteiger partial charge on any atom is 0.762 e. The second-order valence-corrected chi connectivity index (χ2v) is 5.43. The van der Waals surface area contributed by atoms with Crippen LogP contribution in [0.25, 0.3) is 0 Å². The van der Waals surface area contributed by atoms with Crippen LogP contribution in [0.15, 0.2) is 18.7 Å². The lowest BCUT2D eigenvalue weighted by Gasteiger charge is -2.05. The Kier molecular flexibility index (Phi) is 7.09. The third-order valence-electron chi connectivity index (χ3n) is 4.17. The zero-order valence-corrected chi connectivity index (χ0v) is 11.5. The highest BCUT2D eigenvalue weighted by molar-refractivity contribution is 6.33. The van der Waals surface area contributed by atoms with Gasteiger partial charge in [-0.25, -0.2) is 9.13 Å². The molecule has 0 atom stereocenters. The van der Waals surface area contributed by atoms with E-state index < -0.39 is 7.54 Å². The van der Waals surface area contributed by atoms with Gasteiger partial charge in [-0.2, -0.15) is 0 Å². The highest BCUT2D eigenvalue weighted by atomic mass is 19.4. The van der Waals surface area contributed by atoms with Gasteiger partial charge in [0, 0.05) is 0 Å². The first-order chi connectivity index (χ1) is 9.16. The van der Waals surface area contributed by atoms with Crippen LogP contribution in [-0.2, 0) is 0 Å². The van der Waals surface area contributed by atoms with E-state index in [1.54, 1.807) is 0 Å². The van der Waals surface area contributed by atoms with E-state index in [1.807, 2.05) is 0 Å². The van der Waals surface area contributed by atoms with Gasteiger partial charge in [0.25, 0.3) is 0 Å². The Labute approximate surface area is 117 Å². The van der Waals surface area contributed by atoms with Crippen molar-refractivity contribution in [2.24, 2.45) is 0 Å². The Morgan fingerprint density at radius 2 is 1.45 bits per heavy atom. The zero-order valence-electron chi connectivity index (χ0n) is 11.5. The molecule has 3 rings (SSSR count). The lowest BCUT2D eigenvalue weighted by Crippen LogP contribution is -3.00. The zero-order chi connectivity index (χ0) is 13.7. The van der Waals surface area contributed by atoms with Crippen molar-refractivity contribution in [2.75, 3.05) is 0 Å². The number of hydrogen-bond acceptors (Lipinski definition) is 0. The minimum absolute atomic E-state index is 0. The SMILES string of the molecule is FB(F)F.[F-].c1c[n+](C2CCCC2)cn1C1CCCC1. The van der Waals surface area contributed by atoms with E-state index in [1.165, 1.54) is 51.4 Å². The molecular formula is C13H21BF4N2. The molecule has 0 radical (unpaired) electrons. The van der Waals surface area contributed by atoms with Gasteiger partial charge in [0.15, 0.2) is 0 Å².